The molecule has 2 fully saturated rings. The first-order valence-electron chi connectivity index (χ1n) is 12.2. The van der Waals surface area contributed by atoms with E-state index in [1.807, 2.05) is 31.2 Å². The van der Waals surface area contributed by atoms with Crippen LogP contribution >= 0.6 is 0 Å². The molecule has 1 spiro atoms. The summed E-state index contributed by atoms with van der Waals surface area (Å²) in [5, 5.41) is 8.77. The SMILES string of the molecule is CCOCCCNc1cc(N2CCC3(CC2)OCCO3)c2noc3c2c1C(=O)c1ccccc1-3. The molecule has 2 saturated heterocycles. The topological polar surface area (TPSA) is 86.1 Å². The van der Waals surface area contributed by atoms with E-state index >= 15 is 0 Å². The second-order valence-electron chi connectivity index (χ2n) is 9.00. The number of carbonyl (C=O) groups excluding carboxylic acids is 1. The van der Waals surface area contributed by atoms with E-state index in [9.17, 15) is 4.79 Å². The molecule has 3 heterocycles. The molecule has 0 radical (unpaired) electrons. The van der Waals surface area contributed by atoms with Gasteiger partial charge < -0.3 is 29.0 Å². The fourth-order valence-corrected chi connectivity index (χ4v) is 5.34. The fraction of sp³-hybridized carbons (Fsp3) is 0.462. The fourth-order valence-electron chi connectivity index (χ4n) is 5.34. The first-order valence-corrected chi connectivity index (χ1v) is 12.2. The van der Waals surface area contributed by atoms with Crippen LogP contribution in [0.2, 0.25) is 0 Å². The highest BCUT2D eigenvalue weighted by Crippen LogP contribution is 2.46. The van der Waals surface area contributed by atoms with E-state index in [0.717, 1.165) is 60.2 Å². The molecule has 1 aliphatic carbocycles. The van der Waals surface area contributed by atoms with Crippen molar-refractivity contribution in [3.05, 3.63) is 41.5 Å². The maximum atomic E-state index is 13.6. The zero-order valence-electron chi connectivity index (χ0n) is 19.4. The maximum absolute atomic E-state index is 13.6. The number of hydrogen-bond acceptors (Lipinski definition) is 8. The van der Waals surface area contributed by atoms with Gasteiger partial charge in [-0.3, -0.25) is 4.79 Å². The molecule has 0 atom stereocenters. The first-order chi connectivity index (χ1) is 16.7. The number of benzene rings is 2. The molecule has 1 N–H and O–H groups in total. The summed E-state index contributed by atoms with van der Waals surface area (Å²) in [6, 6.07) is 9.65. The van der Waals surface area contributed by atoms with E-state index in [0.29, 0.717) is 49.9 Å². The van der Waals surface area contributed by atoms with Crippen LogP contribution in [0.5, 0.6) is 0 Å². The summed E-state index contributed by atoms with van der Waals surface area (Å²) in [5.74, 6) is 0.210. The Hall–Kier alpha value is -2.94. The van der Waals surface area contributed by atoms with E-state index in [1.54, 1.807) is 0 Å². The lowest BCUT2D eigenvalue weighted by atomic mass is 9.86. The smallest absolute Gasteiger partial charge is 0.196 e. The lowest BCUT2D eigenvalue weighted by Gasteiger charge is -2.39. The Kier molecular flexibility index (Phi) is 5.51. The quantitative estimate of drug-likeness (QED) is 0.408. The third-order valence-corrected chi connectivity index (χ3v) is 7.04. The number of piperidine rings is 1. The Balaban J connectivity index is 1.41. The van der Waals surface area contributed by atoms with Gasteiger partial charge in [-0.2, -0.15) is 0 Å². The first kappa shape index (κ1) is 21.6. The second kappa shape index (κ2) is 8.69. The van der Waals surface area contributed by atoms with Crippen molar-refractivity contribution >= 4 is 28.1 Å². The average Bonchev–Trinajstić information content (AvgIpc) is 3.51. The molecule has 178 valence electrons. The summed E-state index contributed by atoms with van der Waals surface area (Å²) in [6.45, 7) is 6.95. The third kappa shape index (κ3) is 3.48. The van der Waals surface area contributed by atoms with Crippen molar-refractivity contribution in [2.45, 2.75) is 32.0 Å². The monoisotopic (exact) mass is 463 g/mol. The summed E-state index contributed by atoms with van der Waals surface area (Å²) in [6.07, 6.45) is 2.43. The minimum Gasteiger partial charge on any atom is -0.384 e. The number of ketones is 1. The van der Waals surface area contributed by atoms with Crippen LogP contribution in [0.1, 0.15) is 42.1 Å². The van der Waals surface area contributed by atoms with Crippen LogP contribution in [-0.2, 0) is 14.2 Å². The summed E-state index contributed by atoms with van der Waals surface area (Å²) >= 11 is 0. The molecule has 0 unspecified atom stereocenters. The molecule has 3 aliphatic rings. The van der Waals surface area contributed by atoms with Gasteiger partial charge >= 0.3 is 0 Å². The molecule has 0 amide bonds. The van der Waals surface area contributed by atoms with Crippen LogP contribution in [0.3, 0.4) is 0 Å². The van der Waals surface area contributed by atoms with Crippen LogP contribution in [0.25, 0.3) is 22.2 Å². The summed E-state index contributed by atoms with van der Waals surface area (Å²) in [7, 11) is 0. The van der Waals surface area contributed by atoms with Crippen LogP contribution < -0.4 is 10.2 Å². The Morgan fingerprint density at radius 1 is 1.15 bits per heavy atom. The van der Waals surface area contributed by atoms with E-state index < -0.39 is 5.79 Å². The van der Waals surface area contributed by atoms with Gasteiger partial charge in [0.05, 0.1) is 29.9 Å². The predicted octanol–water partition coefficient (Wildman–Crippen LogP) is 4.22. The van der Waals surface area contributed by atoms with Gasteiger partial charge in [0.25, 0.3) is 0 Å². The van der Waals surface area contributed by atoms with Crippen LogP contribution in [-0.4, -0.2) is 62.8 Å². The largest absolute Gasteiger partial charge is 0.384 e. The number of ether oxygens (including phenoxy) is 3. The number of nitrogens with zero attached hydrogens (tertiary/aromatic N) is 2. The lowest BCUT2D eigenvalue weighted by Crippen LogP contribution is -2.45. The van der Waals surface area contributed by atoms with Crippen molar-refractivity contribution in [1.29, 1.82) is 0 Å². The van der Waals surface area contributed by atoms with Crippen molar-refractivity contribution in [1.82, 2.24) is 5.16 Å². The molecule has 8 nitrogen and oxygen atoms in total. The van der Waals surface area contributed by atoms with Crippen molar-refractivity contribution in [3.63, 3.8) is 0 Å². The van der Waals surface area contributed by atoms with Gasteiger partial charge in [0.1, 0.15) is 5.52 Å². The normalized spacial score (nSPS) is 18.6. The molecular formula is C26H29N3O5. The summed E-state index contributed by atoms with van der Waals surface area (Å²) in [4.78, 5) is 15.9. The summed E-state index contributed by atoms with van der Waals surface area (Å²) in [5.41, 5.74) is 4.61. The van der Waals surface area contributed by atoms with Crippen LogP contribution in [0.4, 0.5) is 11.4 Å². The zero-order chi connectivity index (χ0) is 23.1. The molecule has 2 aromatic carbocycles. The van der Waals surface area contributed by atoms with Gasteiger partial charge in [-0.15, -0.1) is 0 Å². The van der Waals surface area contributed by atoms with Gasteiger partial charge in [0, 0.05) is 62.5 Å². The van der Waals surface area contributed by atoms with Gasteiger partial charge in [-0.1, -0.05) is 29.4 Å². The molecule has 3 aromatic rings. The Morgan fingerprint density at radius 2 is 1.91 bits per heavy atom. The van der Waals surface area contributed by atoms with Crippen molar-refractivity contribution in [3.8, 4) is 11.3 Å². The summed E-state index contributed by atoms with van der Waals surface area (Å²) < 4.78 is 23.2. The molecule has 8 heteroatoms. The van der Waals surface area contributed by atoms with E-state index in [4.69, 9.17) is 18.7 Å². The number of carbonyl (C=O) groups is 1. The molecule has 34 heavy (non-hydrogen) atoms. The van der Waals surface area contributed by atoms with Gasteiger partial charge in [0.15, 0.2) is 17.3 Å². The number of aromatic nitrogens is 1. The number of hydrogen-bond donors (Lipinski definition) is 1. The highest BCUT2D eigenvalue weighted by atomic mass is 16.7. The van der Waals surface area contributed by atoms with E-state index in [1.165, 1.54) is 0 Å². The van der Waals surface area contributed by atoms with Gasteiger partial charge in [0.2, 0.25) is 0 Å². The number of nitrogens with one attached hydrogen (secondary N) is 1. The zero-order valence-corrected chi connectivity index (χ0v) is 19.4. The van der Waals surface area contributed by atoms with Crippen molar-refractivity contribution in [2.75, 3.05) is 56.3 Å². The minimum absolute atomic E-state index is 0.000473. The Morgan fingerprint density at radius 3 is 2.68 bits per heavy atom. The third-order valence-electron chi connectivity index (χ3n) is 7.04. The molecule has 2 aliphatic heterocycles. The highest BCUT2D eigenvalue weighted by Gasteiger charge is 2.41. The molecule has 0 saturated carbocycles. The Bertz CT molecular complexity index is 1220. The number of fused-ring (bicyclic) bond motifs is 2. The highest BCUT2D eigenvalue weighted by molar-refractivity contribution is 6.28. The van der Waals surface area contributed by atoms with E-state index in [2.05, 4.69) is 21.4 Å². The predicted molar refractivity (Wildman–Crippen MR) is 129 cm³/mol. The van der Waals surface area contributed by atoms with Crippen molar-refractivity contribution in [2.24, 2.45) is 0 Å². The second-order valence-corrected chi connectivity index (χ2v) is 9.00. The lowest BCUT2D eigenvalue weighted by molar-refractivity contribution is -0.169. The average molecular weight is 464 g/mol. The van der Waals surface area contributed by atoms with Gasteiger partial charge in [-0.25, -0.2) is 0 Å². The van der Waals surface area contributed by atoms with Crippen molar-refractivity contribution < 1.29 is 23.5 Å². The molecular weight excluding hydrogens is 434 g/mol. The number of rotatable bonds is 7. The molecule has 1 aromatic heterocycles. The van der Waals surface area contributed by atoms with Crippen LogP contribution in [0, 0.1) is 0 Å². The van der Waals surface area contributed by atoms with Gasteiger partial charge in [-0.05, 0) is 19.4 Å². The molecule has 6 rings (SSSR count). The Labute approximate surface area is 198 Å². The van der Waals surface area contributed by atoms with E-state index in [-0.39, 0.29) is 5.78 Å². The standard InChI is InChI=1S/C26H29N3O5/c1-2-31-13-5-10-27-19-16-20(29-11-8-26(9-12-29)32-14-15-33-26)23-22-21(19)24(30)17-6-3-4-7-18(17)25(22)34-28-23/h3-4,6-7,16,27H,2,5,8-15H2,1H3. The van der Waals surface area contributed by atoms with Crippen LogP contribution in [0.15, 0.2) is 34.9 Å². The molecule has 0 bridgehead atoms. The number of anilines is 2. The minimum atomic E-state index is -0.453. The maximum Gasteiger partial charge on any atom is 0.196 e.